The molecular formula is C29H31N5O2. The Labute approximate surface area is 211 Å². The quantitative estimate of drug-likeness (QED) is 0.362. The van der Waals surface area contributed by atoms with Gasteiger partial charge in [0, 0.05) is 62.5 Å². The van der Waals surface area contributed by atoms with Crippen molar-refractivity contribution in [3.05, 3.63) is 96.4 Å². The zero-order chi connectivity index (χ0) is 24.6. The topological polar surface area (TPSA) is 74.5 Å². The molecule has 7 nitrogen and oxygen atoms in total. The Morgan fingerprint density at radius 2 is 1.53 bits per heavy atom. The Bertz CT molecular complexity index is 1230. The van der Waals surface area contributed by atoms with Crippen molar-refractivity contribution in [2.45, 2.75) is 25.8 Å². The van der Waals surface area contributed by atoms with E-state index in [9.17, 15) is 4.79 Å². The lowest BCUT2D eigenvalue weighted by Gasteiger charge is -2.36. The highest BCUT2D eigenvalue weighted by Gasteiger charge is 2.17. The Morgan fingerprint density at radius 3 is 2.25 bits per heavy atom. The summed E-state index contributed by atoms with van der Waals surface area (Å²) in [6, 6.07) is 28.4. The maximum absolute atomic E-state index is 12.4. The minimum Gasteiger partial charge on any atom is -0.421 e. The van der Waals surface area contributed by atoms with E-state index in [1.54, 1.807) is 0 Å². The Kier molecular flexibility index (Phi) is 7.68. The van der Waals surface area contributed by atoms with Crippen LogP contribution in [0.4, 0.5) is 11.4 Å². The molecule has 1 N–H and O–H groups in total. The maximum atomic E-state index is 12.4. The number of amides is 1. The van der Waals surface area contributed by atoms with E-state index in [0.717, 1.165) is 44.0 Å². The number of carbonyl (C=O) groups excluding carboxylic acids is 1. The molecule has 0 bridgehead atoms. The molecule has 0 aliphatic carbocycles. The number of anilines is 2. The van der Waals surface area contributed by atoms with E-state index >= 15 is 0 Å². The van der Waals surface area contributed by atoms with Gasteiger partial charge < -0.3 is 14.6 Å². The third kappa shape index (κ3) is 6.37. The monoisotopic (exact) mass is 481 g/mol. The number of rotatable bonds is 9. The highest BCUT2D eigenvalue weighted by atomic mass is 16.4. The molecule has 0 atom stereocenters. The molecule has 184 valence electrons. The summed E-state index contributed by atoms with van der Waals surface area (Å²) in [6.07, 6.45) is 1.62. The fourth-order valence-electron chi connectivity index (χ4n) is 4.44. The number of carbonyl (C=O) groups is 1. The third-order valence-corrected chi connectivity index (χ3v) is 6.42. The average Bonchev–Trinajstić information content (AvgIpc) is 3.40. The van der Waals surface area contributed by atoms with Crippen molar-refractivity contribution >= 4 is 17.3 Å². The first-order valence-electron chi connectivity index (χ1n) is 12.5. The molecule has 0 radical (unpaired) electrons. The summed E-state index contributed by atoms with van der Waals surface area (Å²) >= 11 is 0. The molecule has 36 heavy (non-hydrogen) atoms. The van der Waals surface area contributed by atoms with Crippen molar-refractivity contribution in [1.82, 2.24) is 15.1 Å². The standard InChI is InChI=1S/C29H31N5O2/c35-27(12-7-13-28-31-32-29(36-28)24-10-5-2-6-11-24)30-25-14-16-26(17-15-25)34-20-18-33(19-21-34)22-23-8-3-1-4-9-23/h1-6,8-11,14-17H,7,12-13,18-22H2,(H,30,35). The van der Waals surface area contributed by atoms with Crippen molar-refractivity contribution in [2.24, 2.45) is 0 Å². The summed E-state index contributed by atoms with van der Waals surface area (Å²) in [4.78, 5) is 17.3. The van der Waals surface area contributed by atoms with Crippen LogP contribution in [0.3, 0.4) is 0 Å². The summed E-state index contributed by atoms with van der Waals surface area (Å²) in [6.45, 7) is 5.08. The van der Waals surface area contributed by atoms with Crippen LogP contribution in [0.25, 0.3) is 11.5 Å². The molecule has 1 saturated heterocycles. The van der Waals surface area contributed by atoms with Gasteiger partial charge in [-0.25, -0.2) is 0 Å². The minimum atomic E-state index is -0.0138. The van der Waals surface area contributed by atoms with Crippen LogP contribution in [0.1, 0.15) is 24.3 Å². The van der Waals surface area contributed by atoms with E-state index in [-0.39, 0.29) is 5.91 Å². The Balaban J connectivity index is 1.04. The smallest absolute Gasteiger partial charge is 0.247 e. The van der Waals surface area contributed by atoms with Gasteiger partial charge in [-0.05, 0) is 48.4 Å². The number of piperazine rings is 1. The molecule has 3 aromatic carbocycles. The summed E-state index contributed by atoms with van der Waals surface area (Å²) in [7, 11) is 0. The highest BCUT2D eigenvalue weighted by Crippen LogP contribution is 2.21. The van der Waals surface area contributed by atoms with Gasteiger partial charge >= 0.3 is 0 Å². The van der Waals surface area contributed by atoms with Crippen LogP contribution in [0.15, 0.2) is 89.3 Å². The molecule has 1 fully saturated rings. The second-order valence-electron chi connectivity index (χ2n) is 9.06. The summed E-state index contributed by atoms with van der Waals surface area (Å²) < 4.78 is 5.72. The van der Waals surface area contributed by atoms with Gasteiger partial charge in [-0.1, -0.05) is 48.5 Å². The SMILES string of the molecule is O=C(CCCc1nnc(-c2ccccc2)o1)Nc1ccc(N2CCN(Cc3ccccc3)CC2)cc1. The molecule has 5 rings (SSSR count). The van der Waals surface area contributed by atoms with E-state index in [4.69, 9.17) is 4.42 Å². The number of hydrogen-bond acceptors (Lipinski definition) is 6. The summed E-state index contributed by atoms with van der Waals surface area (Å²) in [5.41, 5.74) is 4.26. The van der Waals surface area contributed by atoms with Crippen LogP contribution < -0.4 is 10.2 Å². The van der Waals surface area contributed by atoms with Crippen molar-refractivity contribution in [3.63, 3.8) is 0 Å². The van der Waals surface area contributed by atoms with E-state index in [1.807, 2.05) is 42.5 Å². The molecule has 1 amide bonds. The Hall–Kier alpha value is -3.97. The van der Waals surface area contributed by atoms with Gasteiger partial charge in [-0.15, -0.1) is 10.2 Å². The van der Waals surface area contributed by atoms with Gasteiger partial charge in [-0.3, -0.25) is 9.69 Å². The summed E-state index contributed by atoms with van der Waals surface area (Å²) in [5.74, 6) is 1.04. The molecule has 0 unspecified atom stereocenters. The zero-order valence-corrected chi connectivity index (χ0v) is 20.3. The van der Waals surface area contributed by atoms with Crippen LogP contribution in [-0.2, 0) is 17.8 Å². The van der Waals surface area contributed by atoms with E-state index in [1.165, 1.54) is 11.3 Å². The lowest BCUT2D eigenvalue weighted by molar-refractivity contribution is -0.116. The number of nitrogens with one attached hydrogen (secondary N) is 1. The Morgan fingerprint density at radius 1 is 0.833 bits per heavy atom. The van der Waals surface area contributed by atoms with Gasteiger partial charge in [0.25, 0.3) is 0 Å². The van der Waals surface area contributed by atoms with Crippen LogP contribution >= 0.6 is 0 Å². The lowest BCUT2D eigenvalue weighted by atomic mass is 10.2. The zero-order valence-electron chi connectivity index (χ0n) is 20.3. The second-order valence-corrected chi connectivity index (χ2v) is 9.06. The van der Waals surface area contributed by atoms with Crippen molar-refractivity contribution in [3.8, 4) is 11.5 Å². The molecule has 2 heterocycles. The maximum Gasteiger partial charge on any atom is 0.247 e. The number of aryl methyl sites for hydroxylation is 1. The van der Waals surface area contributed by atoms with Gasteiger partial charge in [0.05, 0.1) is 0 Å². The largest absolute Gasteiger partial charge is 0.421 e. The minimum absolute atomic E-state index is 0.0138. The molecule has 0 spiro atoms. The van der Waals surface area contributed by atoms with Gasteiger partial charge in [0.2, 0.25) is 17.7 Å². The molecule has 1 aliphatic rings. The fourth-order valence-corrected chi connectivity index (χ4v) is 4.44. The lowest BCUT2D eigenvalue weighted by Crippen LogP contribution is -2.45. The highest BCUT2D eigenvalue weighted by molar-refractivity contribution is 5.90. The molecule has 1 aliphatic heterocycles. The van der Waals surface area contributed by atoms with Gasteiger partial charge in [0.15, 0.2) is 0 Å². The first-order chi connectivity index (χ1) is 17.7. The van der Waals surface area contributed by atoms with E-state index < -0.39 is 0 Å². The number of benzene rings is 3. The van der Waals surface area contributed by atoms with Crippen LogP contribution in [0.2, 0.25) is 0 Å². The van der Waals surface area contributed by atoms with Crippen molar-refractivity contribution < 1.29 is 9.21 Å². The van der Waals surface area contributed by atoms with Crippen molar-refractivity contribution in [2.75, 3.05) is 36.4 Å². The first kappa shape index (κ1) is 23.8. The molecule has 0 saturated carbocycles. The molecular weight excluding hydrogens is 450 g/mol. The van der Waals surface area contributed by atoms with Crippen LogP contribution in [0, 0.1) is 0 Å². The molecule has 7 heteroatoms. The first-order valence-corrected chi connectivity index (χ1v) is 12.5. The molecule has 4 aromatic rings. The van der Waals surface area contributed by atoms with Gasteiger partial charge in [0.1, 0.15) is 0 Å². The fraction of sp³-hybridized carbons (Fsp3) is 0.276. The predicted octanol–water partition coefficient (Wildman–Crippen LogP) is 5.02. The number of nitrogens with zero attached hydrogens (tertiary/aromatic N) is 4. The van der Waals surface area contributed by atoms with Crippen LogP contribution in [-0.4, -0.2) is 47.2 Å². The number of hydrogen-bond donors (Lipinski definition) is 1. The van der Waals surface area contributed by atoms with Crippen molar-refractivity contribution in [1.29, 1.82) is 0 Å². The van der Waals surface area contributed by atoms with E-state index in [0.29, 0.717) is 31.0 Å². The third-order valence-electron chi connectivity index (χ3n) is 6.42. The predicted molar refractivity (Wildman–Crippen MR) is 142 cm³/mol. The molecule has 1 aromatic heterocycles. The van der Waals surface area contributed by atoms with Gasteiger partial charge in [-0.2, -0.15) is 0 Å². The normalized spacial score (nSPS) is 14.1. The average molecular weight is 482 g/mol. The van der Waals surface area contributed by atoms with E-state index in [2.05, 4.69) is 67.8 Å². The number of aromatic nitrogens is 2. The van der Waals surface area contributed by atoms with Crippen LogP contribution in [0.5, 0.6) is 0 Å². The summed E-state index contributed by atoms with van der Waals surface area (Å²) in [5, 5.41) is 11.2. The second kappa shape index (κ2) is 11.6.